The van der Waals surface area contributed by atoms with Crippen LogP contribution in [0.15, 0.2) is 66.9 Å². The molecule has 288 valence electrons. The number of benzene rings is 2. The van der Waals surface area contributed by atoms with Crippen molar-refractivity contribution in [3.63, 3.8) is 0 Å². The summed E-state index contributed by atoms with van der Waals surface area (Å²) in [6.45, 7) is 9.87. The third kappa shape index (κ3) is 7.15. The number of hydrogen-bond acceptors (Lipinski definition) is 7. The summed E-state index contributed by atoms with van der Waals surface area (Å²) in [5.41, 5.74) is 5.38. The molecule has 1 fully saturated rings. The van der Waals surface area contributed by atoms with Crippen LogP contribution < -0.4 is 16.0 Å². The first-order valence-electron chi connectivity index (χ1n) is 19.3. The highest BCUT2D eigenvalue weighted by atomic mass is 16.2. The number of piperidine rings is 1. The lowest BCUT2D eigenvalue weighted by Crippen LogP contribution is -2.52. The number of anilines is 2. The van der Waals surface area contributed by atoms with Crippen LogP contribution in [0.3, 0.4) is 0 Å². The number of rotatable bonds is 10. The minimum absolute atomic E-state index is 0.0533. The largest absolute Gasteiger partial charge is 0.337 e. The van der Waals surface area contributed by atoms with Gasteiger partial charge in [0.25, 0.3) is 5.91 Å². The highest BCUT2D eigenvalue weighted by Crippen LogP contribution is 2.47. The number of aromatic nitrogens is 3. The van der Waals surface area contributed by atoms with Crippen LogP contribution in [-0.2, 0) is 58.2 Å². The van der Waals surface area contributed by atoms with Gasteiger partial charge in [-0.15, -0.1) is 0 Å². The van der Waals surface area contributed by atoms with Crippen LogP contribution in [0.4, 0.5) is 11.5 Å². The maximum Gasteiger partial charge on any atom is 0.272 e. The van der Waals surface area contributed by atoms with E-state index in [1.54, 1.807) is 22.8 Å². The Morgan fingerprint density at radius 1 is 0.964 bits per heavy atom. The molecule has 1 spiro atoms. The van der Waals surface area contributed by atoms with Crippen molar-refractivity contribution in [2.24, 2.45) is 12.5 Å². The number of hydrogen-bond donors (Lipinski definition) is 3. The maximum atomic E-state index is 14.8. The van der Waals surface area contributed by atoms with Crippen molar-refractivity contribution < 1.29 is 19.2 Å². The Hall–Kier alpha value is -5.36. The molecule has 3 N–H and O–H groups in total. The molecule has 4 aromatic rings. The Balaban J connectivity index is 1.09. The van der Waals surface area contributed by atoms with Crippen molar-refractivity contribution in [3.05, 3.63) is 106 Å². The van der Waals surface area contributed by atoms with Crippen LogP contribution in [-0.4, -0.2) is 74.9 Å². The molecular weight excluding hydrogens is 693 g/mol. The zero-order valence-corrected chi connectivity index (χ0v) is 32.8. The molecule has 1 aliphatic carbocycles. The highest BCUT2D eigenvalue weighted by molar-refractivity contribution is 6.06. The Labute approximate surface area is 323 Å². The second kappa shape index (κ2) is 14.7. The van der Waals surface area contributed by atoms with Crippen LogP contribution in [0.25, 0.3) is 0 Å². The third-order valence-corrected chi connectivity index (χ3v) is 11.9. The molecule has 0 unspecified atom stereocenters. The average molecular weight is 745 g/mol. The third-order valence-electron chi connectivity index (χ3n) is 11.9. The van der Waals surface area contributed by atoms with Crippen molar-refractivity contribution in [2.45, 2.75) is 83.7 Å². The number of aryl methyl sites for hydroxylation is 1. The maximum absolute atomic E-state index is 14.8. The van der Waals surface area contributed by atoms with Crippen molar-refractivity contribution in [1.82, 2.24) is 29.9 Å². The van der Waals surface area contributed by atoms with Gasteiger partial charge in [0, 0.05) is 56.1 Å². The van der Waals surface area contributed by atoms with E-state index in [0.717, 1.165) is 33.5 Å². The minimum Gasteiger partial charge on any atom is -0.337 e. The van der Waals surface area contributed by atoms with E-state index in [9.17, 15) is 19.2 Å². The minimum atomic E-state index is -0.729. The van der Waals surface area contributed by atoms with Gasteiger partial charge in [-0.25, -0.2) is 4.98 Å². The molecule has 55 heavy (non-hydrogen) atoms. The molecule has 2 aromatic carbocycles. The zero-order valence-electron chi connectivity index (χ0n) is 32.8. The summed E-state index contributed by atoms with van der Waals surface area (Å²) in [6, 6.07) is 19.5. The first-order valence-corrected chi connectivity index (χ1v) is 19.3. The van der Waals surface area contributed by atoms with Crippen molar-refractivity contribution >= 4 is 35.1 Å². The summed E-state index contributed by atoms with van der Waals surface area (Å²) in [5.74, 6) is 0.0875. The molecule has 12 nitrogen and oxygen atoms in total. The molecule has 3 aliphatic rings. The number of likely N-dealkylation sites (tertiary alicyclic amines) is 1. The van der Waals surface area contributed by atoms with Crippen LogP contribution >= 0.6 is 0 Å². The molecule has 12 heteroatoms. The standard InChI is InChI=1S/C43H52N8O4/c1-7-42(16-19-50(20-17-42)38(53)34-22-35(41(2,3)4)48-49(34)6)40(55)51(26-30-12-9-8-11-29(30)25-44-5)27-36(52)46-32-15-14-28-23-43(24-31(28)21-32)33-13-10-18-45-37(33)47-39(43)54/h8-15,18,21-22,44H,7,16-17,19-20,23-27H2,1-6H3,(H,46,52)(H,45,47,54)/t43-/m1/s1. The summed E-state index contributed by atoms with van der Waals surface area (Å²) in [5, 5.41) is 13.8. The SMILES string of the molecule is CCC1(C(=O)N(CC(=O)Nc2ccc3c(c2)C[C@@]2(C3)C(=O)Nc3ncccc32)Cc2ccccc2CNC)CCN(C(=O)c2cc(C(C)(C)C)nn2C)CC1. The number of carbonyl (C=O) groups is 4. The van der Waals surface area contributed by atoms with E-state index >= 15 is 0 Å². The van der Waals surface area contributed by atoms with Gasteiger partial charge in [-0.2, -0.15) is 5.10 Å². The Bertz CT molecular complexity index is 2140. The molecule has 7 rings (SSSR count). The molecule has 1 atom stereocenters. The van der Waals surface area contributed by atoms with E-state index < -0.39 is 10.8 Å². The van der Waals surface area contributed by atoms with Crippen molar-refractivity contribution in [2.75, 3.05) is 37.3 Å². The smallest absolute Gasteiger partial charge is 0.272 e. The van der Waals surface area contributed by atoms with Gasteiger partial charge in [0.15, 0.2) is 0 Å². The van der Waals surface area contributed by atoms with Crippen LogP contribution in [0, 0.1) is 5.41 Å². The first kappa shape index (κ1) is 37.9. The fourth-order valence-electron chi connectivity index (χ4n) is 8.59. The van der Waals surface area contributed by atoms with Crippen LogP contribution in [0.2, 0.25) is 0 Å². The van der Waals surface area contributed by atoms with E-state index in [-0.39, 0.29) is 42.1 Å². The lowest BCUT2D eigenvalue weighted by Gasteiger charge is -2.42. The average Bonchev–Trinajstić information content (AvgIpc) is 3.84. The summed E-state index contributed by atoms with van der Waals surface area (Å²) in [4.78, 5) is 63.6. The Kier molecular flexibility index (Phi) is 10.1. The summed E-state index contributed by atoms with van der Waals surface area (Å²) in [7, 11) is 3.68. The molecule has 0 radical (unpaired) electrons. The summed E-state index contributed by atoms with van der Waals surface area (Å²) < 4.78 is 1.65. The van der Waals surface area contributed by atoms with E-state index in [1.807, 2.05) is 79.5 Å². The second-order valence-corrected chi connectivity index (χ2v) is 16.5. The monoisotopic (exact) mass is 744 g/mol. The van der Waals surface area contributed by atoms with Gasteiger partial charge in [0.2, 0.25) is 17.7 Å². The first-order chi connectivity index (χ1) is 26.3. The molecule has 4 heterocycles. The number of carbonyl (C=O) groups excluding carboxylic acids is 4. The summed E-state index contributed by atoms with van der Waals surface area (Å²) >= 11 is 0. The number of nitrogens with one attached hydrogen (secondary N) is 3. The predicted molar refractivity (Wildman–Crippen MR) is 211 cm³/mol. The molecule has 2 aliphatic heterocycles. The Morgan fingerprint density at radius 2 is 1.69 bits per heavy atom. The van der Waals surface area contributed by atoms with Crippen LogP contribution in [0.5, 0.6) is 0 Å². The lowest BCUT2D eigenvalue weighted by atomic mass is 9.74. The van der Waals surface area contributed by atoms with Gasteiger partial charge in [-0.1, -0.05) is 64.1 Å². The van der Waals surface area contributed by atoms with Crippen molar-refractivity contribution in [3.8, 4) is 0 Å². The van der Waals surface area contributed by atoms with E-state index in [0.29, 0.717) is 68.9 Å². The second-order valence-electron chi connectivity index (χ2n) is 16.5. The van der Waals surface area contributed by atoms with Gasteiger partial charge in [0.1, 0.15) is 18.1 Å². The summed E-state index contributed by atoms with van der Waals surface area (Å²) in [6.07, 6.45) is 4.33. The van der Waals surface area contributed by atoms with Gasteiger partial charge in [0.05, 0.1) is 16.5 Å². The van der Waals surface area contributed by atoms with Gasteiger partial charge < -0.3 is 25.8 Å². The fraction of sp³-hybridized carbons (Fsp3) is 0.442. The number of amides is 4. The number of fused-ring (bicyclic) bond motifs is 3. The molecule has 0 saturated carbocycles. The van der Waals surface area contributed by atoms with Crippen LogP contribution in [0.1, 0.15) is 91.0 Å². The lowest BCUT2D eigenvalue weighted by molar-refractivity contribution is -0.147. The van der Waals surface area contributed by atoms with Gasteiger partial charge in [-0.3, -0.25) is 23.9 Å². The van der Waals surface area contributed by atoms with Gasteiger partial charge >= 0.3 is 0 Å². The molecule has 0 bridgehead atoms. The predicted octanol–water partition coefficient (Wildman–Crippen LogP) is 5.12. The topological polar surface area (TPSA) is 142 Å². The fourth-order valence-corrected chi connectivity index (χ4v) is 8.59. The normalized spacial score (nSPS) is 18.5. The quantitative estimate of drug-likeness (QED) is 0.205. The molecule has 1 saturated heterocycles. The Morgan fingerprint density at radius 3 is 2.38 bits per heavy atom. The molecule has 4 amide bonds. The van der Waals surface area contributed by atoms with E-state index in [4.69, 9.17) is 0 Å². The molecule has 2 aromatic heterocycles. The van der Waals surface area contributed by atoms with Crippen molar-refractivity contribution in [1.29, 1.82) is 0 Å². The number of pyridine rings is 1. The number of nitrogens with zero attached hydrogens (tertiary/aromatic N) is 5. The highest BCUT2D eigenvalue weighted by Gasteiger charge is 2.51. The zero-order chi connectivity index (χ0) is 39.1. The van der Waals surface area contributed by atoms with Gasteiger partial charge in [-0.05, 0) is 85.7 Å². The van der Waals surface area contributed by atoms with E-state index in [2.05, 4.69) is 46.8 Å². The van der Waals surface area contributed by atoms with E-state index in [1.165, 1.54) is 0 Å². The molecular formula is C43H52N8O4.